The van der Waals surface area contributed by atoms with Crippen molar-refractivity contribution in [2.75, 3.05) is 18.1 Å². The zero-order chi connectivity index (χ0) is 20.5. The molecule has 0 N–H and O–H groups in total. The van der Waals surface area contributed by atoms with Crippen LogP contribution in [0.2, 0.25) is 0 Å². The summed E-state index contributed by atoms with van der Waals surface area (Å²) in [5.41, 5.74) is 4.33. The number of nitrogens with zero attached hydrogens (tertiary/aromatic N) is 3. The van der Waals surface area contributed by atoms with Crippen LogP contribution in [0.3, 0.4) is 0 Å². The van der Waals surface area contributed by atoms with Crippen LogP contribution in [0.1, 0.15) is 44.4 Å². The first-order valence-corrected chi connectivity index (χ1v) is 10.6. The second kappa shape index (κ2) is 10.8. The van der Waals surface area contributed by atoms with Gasteiger partial charge in [-0.05, 0) is 37.0 Å². The Labute approximate surface area is 206 Å². The minimum absolute atomic E-state index is 0. The zero-order valence-electron chi connectivity index (χ0n) is 18.7. The van der Waals surface area contributed by atoms with Crippen molar-refractivity contribution in [3.8, 4) is 0 Å². The molecule has 2 atom stereocenters. The van der Waals surface area contributed by atoms with Crippen molar-refractivity contribution in [3.05, 3.63) is 65.2 Å². The summed E-state index contributed by atoms with van der Waals surface area (Å²) < 4.78 is 5.88. The van der Waals surface area contributed by atoms with Crippen LogP contribution in [0.25, 0.3) is 0 Å². The number of amidine groups is 1. The summed E-state index contributed by atoms with van der Waals surface area (Å²) >= 11 is 0. The number of anilines is 1. The van der Waals surface area contributed by atoms with Crippen LogP contribution in [0, 0.1) is 24.8 Å². The van der Waals surface area contributed by atoms with Crippen LogP contribution >= 0.6 is 0 Å². The predicted octanol–water partition coefficient (Wildman–Crippen LogP) is 1.89. The van der Waals surface area contributed by atoms with Crippen LogP contribution in [-0.2, 0) is 25.8 Å². The van der Waals surface area contributed by atoms with Crippen LogP contribution < -0.4 is 17.3 Å². The molecule has 6 heteroatoms. The second-order valence-electron chi connectivity index (χ2n) is 8.74. The van der Waals surface area contributed by atoms with E-state index in [1.54, 1.807) is 0 Å². The molecule has 4 nitrogen and oxygen atoms in total. The molecule has 0 fully saturated rings. The molecule has 1 radical (unpaired) electrons. The van der Waals surface area contributed by atoms with Crippen molar-refractivity contribution >= 4 is 17.4 Å². The van der Waals surface area contributed by atoms with Gasteiger partial charge in [0.1, 0.15) is 12.4 Å². The third-order valence-electron chi connectivity index (χ3n) is 5.74. The zero-order valence-corrected chi connectivity index (χ0v) is 21.7. The average Bonchev–Trinajstić information content (AvgIpc) is 3.37. The maximum Gasteiger partial charge on any atom is 0.217 e. The summed E-state index contributed by atoms with van der Waals surface area (Å²) in [6, 6.07) is 18.8. The molecule has 0 saturated carbocycles. The van der Waals surface area contributed by atoms with E-state index in [2.05, 4.69) is 75.9 Å². The van der Waals surface area contributed by atoms with Crippen LogP contribution in [0.4, 0.5) is 5.69 Å². The third-order valence-corrected chi connectivity index (χ3v) is 5.74. The fourth-order valence-corrected chi connectivity index (χ4v) is 3.67. The molecular weight excluding hydrogens is 589 g/mol. The Balaban J connectivity index is 0.00000171. The summed E-state index contributed by atoms with van der Waals surface area (Å²) in [7, 11) is 0. The fraction of sp³-hybridized carbons (Fsp3) is 0.440. The van der Waals surface area contributed by atoms with Gasteiger partial charge in [-0.3, -0.25) is 4.99 Å². The molecule has 2 aliphatic heterocycles. The van der Waals surface area contributed by atoms with Gasteiger partial charge in [0.05, 0.1) is 12.1 Å². The van der Waals surface area contributed by atoms with Crippen molar-refractivity contribution in [3.63, 3.8) is 0 Å². The van der Waals surface area contributed by atoms with E-state index in [9.17, 15) is 0 Å². The van der Waals surface area contributed by atoms with Gasteiger partial charge in [0.15, 0.2) is 0 Å². The van der Waals surface area contributed by atoms with E-state index in [-0.39, 0.29) is 45.6 Å². The van der Waals surface area contributed by atoms with Crippen LogP contribution in [-0.4, -0.2) is 37.0 Å². The van der Waals surface area contributed by atoms with E-state index in [1.807, 2.05) is 12.1 Å². The minimum Gasteiger partial charge on any atom is -1.00 e. The number of rotatable bonds is 5. The number of aliphatic imine (C=N–C) groups is 2. The summed E-state index contributed by atoms with van der Waals surface area (Å²) in [4.78, 5) is 12.2. The van der Waals surface area contributed by atoms with Crippen LogP contribution in [0.15, 0.2) is 52.4 Å². The summed E-state index contributed by atoms with van der Waals surface area (Å²) in [5, 5.41) is 0. The predicted molar refractivity (Wildman–Crippen MR) is 120 cm³/mol. The van der Waals surface area contributed by atoms with E-state index in [0.717, 1.165) is 23.5 Å². The quantitative estimate of drug-likeness (QED) is 0.514. The van der Waals surface area contributed by atoms with Crippen molar-refractivity contribution in [1.29, 1.82) is 0 Å². The van der Waals surface area contributed by atoms with Crippen LogP contribution in [0.5, 0.6) is 0 Å². The first kappa shape index (κ1) is 25.6. The van der Waals surface area contributed by atoms with Gasteiger partial charge in [-0.25, -0.2) is 4.99 Å². The van der Waals surface area contributed by atoms with Gasteiger partial charge < -0.3 is 22.0 Å². The first-order chi connectivity index (χ1) is 13.9. The topological polar surface area (TPSA) is 37.2 Å². The molecule has 2 aliphatic rings. The van der Waals surface area contributed by atoms with Crippen molar-refractivity contribution < 1.29 is 38.2 Å². The van der Waals surface area contributed by atoms with E-state index >= 15 is 0 Å². The molecular formula is C25H30ClN3OPt-. The molecule has 0 bridgehead atoms. The maximum atomic E-state index is 5.88. The SMILES string of the molecule is Cc1ccc(N2C[C@H](C(C)C)N=C2c2[c]c(C3=N[C@@H](C(C)C)CO3)ccc2)cc1.[Cl-].[Pt]. The van der Waals surface area contributed by atoms with Crippen molar-refractivity contribution in [1.82, 2.24) is 0 Å². The smallest absolute Gasteiger partial charge is 0.217 e. The van der Waals surface area contributed by atoms with Gasteiger partial charge in [0.25, 0.3) is 0 Å². The molecule has 169 valence electrons. The number of benzene rings is 2. The monoisotopic (exact) mass is 618 g/mol. The van der Waals surface area contributed by atoms with Gasteiger partial charge in [-0.2, -0.15) is 0 Å². The molecule has 0 saturated heterocycles. The summed E-state index contributed by atoms with van der Waals surface area (Å²) in [6.45, 7) is 12.5. The number of ether oxygens (including phenoxy) is 1. The Hall–Kier alpha value is -1.64. The van der Waals surface area contributed by atoms with Crippen molar-refractivity contribution in [2.45, 2.75) is 46.7 Å². The molecule has 2 aromatic carbocycles. The molecule has 0 aromatic heterocycles. The number of hydrogen-bond donors (Lipinski definition) is 0. The van der Waals surface area contributed by atoms with Gasteiger partial charge in [-0.1, -0.05) is 57.5 Å². The molecule has 2 heterocycles. The van der Waals surface area contributed by atoms with Gasteiger partial charge >= 0.3 is 0 Å². The fourth-order valence-electron chi connectivity index (χ4n) is 3.67. The van der Waals surface area contributed by atoms with Gasteiger partial charge in [0.2, 0.25) is 5.90 Å². The molecule has 4 rings (SSSR count). The van der Waals surface area contributed by atoms with Crippen molar-refractivity contribution in [2.24, 2.45) is 21.8 Å². The first-order valence-electron chi connectivity index (χ1n) is 10.6. The number of halogens is 1. The Bertz CT molecular complexity index is 940. The Morgan fingerprint density at radius 1 is 0.935 bits per heavy atom. The molecule has 0 aliphatic carbocycles. The maximum absolute atomic E-state index is 5.88. The van der Waals surface area contributed by atoms with Gasteiger partial charge in [-0.15, -0.1) is 0 Å². The molecule has 2 aromatic rings. The number of aryl methyl sites for hydroxylation is 1. The molecule has 0 spiro atoms. The number of hydrogen-bond acceptors (Lipinski definition) is 4. The van der Waals surface area contributed by atoms with E-state index < -0.39 is 0 Å². The molecule has 0 amide bonds. The van der Waals surface area contributed by atoms with E-state index in [4.69, 9.17) is 14.7 Å². The summed E-state index contributed by atoms with van der Waals surface area (Å²) in [5.74, 6) is 2.64. The largest absolute Gasteiger partial charge is 1.00 e. The Morgan fingerprint density at radius 3 is 2.19 bits per heavy atom. The minimum atomic E-state index is 0. The Kier molecular flexibility index (Phi) is 8.91. The van der Waals surface area contributed by atoms with Gasteiger partial charge in [0, 0.05) is 50.5 Å². The molecule has 31 heavy (non-hydrogen) atoms. The Morgan fingerprint density at radius 2 is 1.58 bits per heavy atom. The third kappa shape index (κ3) is 5.59. The molecule has 0 unspecified atom stereocenters. The summed E-state index contributed by atoms with van der Waals surface area (Å²) in [6.07, 6.45) is 0. The normalized spacial score (nSPS) is 20.2. The average molecular weight is 619 g/mol. The standard InChI is InChI=1S/C25H30N3O.ClH.Pt/c1-16(2)22-14-28(21-11-9-18(5)10-12-21)24(26-22)19-7-6-8-20(13-19)25-27-23(15-29-25)17(3)4;;/h6-12,16-17,22-23H,14-15H2,1-5H3;1H;/p-1/t22-,23-;;/m1../s1. The van der Waals surface area contributed by atoms with E-state index in [0.29, 0.717) is 24.3 Å². The second-order valence-corrected chi connectivity index (χ2v) is 8.74. The van der Waals surface area contributed by atoms with E-state index in [1.165, 1.54) is 11.3 Å².